The van der Waals surface area contributed by atoms with Gasteiger partial charge in [0, 0.05) is 21.5 Å². The lowest BCUT2D eigenvalue weighted by Gasteiger charge is -2.22. The summed E-state index contributed by atoms with van der Waals surface area (Å²) in [5.41, 5.74) is 2.98. The molecule has 0 fully saturated rings. The zero-order chi connectivity index (χ0) is 21.1. The van der Waals surface area contributed by atoms with Gasteiger partial charge in [0.25, 0.3) is 0 Å². The molecule has 0 heterocycles. The Kier molecular flexibility index (Phi) is 6.62. The van der Waals surface area contributed by atoms with E-state index in [1.54, 1.807) is 30.3 Å². The Balaban J connectivity index is 2.25. The summed E-state index contributed by atoms with van der Waals surface area (Å²) in [5.74, 6) is 0.270. The van der Waals surface area contributed by atoms with E-state index in [4.69, 9.17) is 16.3 Å². The van der Waals surface area contributed by atoms with E-state index >= 15 is 0 Å². The third-order valence-electron chi connectivity index (χ3n) is 5.03. The van der Waals surface area contributed by atoms with Crippen LogP contribution in [0.15, 0.2) is 60.7 Å². The zero-order valence-corrected chi connectivity index (χ0v) is 18.7. The third-order valence-corrected chi connectivity index (χ3v) is 7.33. The molecule has 2 unspecified atom stereocenters. The number of benzene rings is 3. The van der Waals surface area contributed by atoms with E-state index in [9.17, 15) is 9.36 Å². The van der Waals surface area contributed by atoms with Gasteiger partial charge in [0.15, 0.2) is 5.78 Å². The van der Waals surface area contributed by atoms with Crippen LogP contribution in [0, 0.1) is 20.8 Å². The lowest BCUT2D eigenvalue weighted by Crippen LogP contribution is -2.17. The molecule has 0 saturated carbocycles. The fourth-order valence-corrected chi connectivity index (χ4v) is 6.00. The van der Waals surface area contributed by atoms with Gasteiger partial charge < -0.3 is 9.30 Å². The van der Waals surface area contributed by atoms with E-state index in [1.807, 2.05) is 51.1 Å². The van der Waals surface area contributed by atoms with E-state index in [0.29, 0.717) is 27.2 Å². The summed E-state index contributed by atoms with van der Waals surface area (Å²) in [5, 5.41) is 1.01. The van der Waals surface area contributed by atoms with Gasteiger partial charge in [-0.3, -0.25) is 4.79 Å². The molecule has 0 aromatic heterocycles. The van der Waals surface area contributed by atoms with Gasteiger partial charge in [0.1, 0.15) is 19.2 Å². The first kappa shape index (κ1) is 21.4. The van der Waals surface area contributed by atoms with Crippen LogP contribution in [0.4, 0.5) is 0 Å². The molecule has 0 saturated heterocycles. The van der Waals surface area contributed by atoms with Crippen LogP contribution in [0.3, 0.4) is 0 Å². The van der Waals surface area contributed by atoms with Crippen molar-refractivity contribution in [3.8, 4) is 5.75 Å². The molecule has 0 radical (unpaired) electrons. The predicted molar refractivity (Wildman–Crippen MR) is 121 cm³/mol. The number of aryl methyl sites for hydroxylation is 3. The highest BCUT2D eigenvalue weighted by Gasteiger charge is 2.34. The van der Waals surface area contributed by atoms with E-state index in [2.05, 4.69) is 0 Å². The Morgan fingerprint density at radius 2 is 1.59 bits per heavy atom. The van der Waals surface area contributed by atoms with Crippen LogP contribution >= 0.6 is 19.4 Å². The average molecular weight is 427 g/mol. The highest BCUT2D eigenvalue weighted by molar-refractivity contribution is 7.55. The average Bonchev–Trinajstić information content (AvgIpc) is 2.69. The number of methoxy groups -OCH3 is 1. The molecule has 0 amide bonds. The second-order valence-corrected chi connectivity index (χ2v) is 9.45. The van der Waals surface area contributed by atoms with Crippen LogP contribution in [0.25, 0.3) is 0 Å². The zero-order valence-electron chi connectivity index (χ0n) is 17.0. The van der Waals surface area contributed by atoms with Gasteiger partial charge in [-0.25, -0.2) is 0 Å². The molecule has 3 aromatic rings. The van der Waals surface area contributed by atoms with Gasteiger partial charge in [0.05, 0.1) is 7.11 Å². The smallest absolute Gasteiger partial charge is 0.178 e. The van der Waals surface area contributed by atoms with E-state index in [1.165, 1.54) is 7.11 Å². The van der Waals surface area contributed by atoms with Gasteiger partial charge in [-0.2, -0.15) is 0 Å². The van der Waals surface area contributed by atoms with Crippen molar-refractivity contribution >= 4 is 30.5 Å². The SMILES string of the molecule is COc1cccc(Cl)c1C(C(=O)c1c(C)cc(C)cc1C)[PH](=O)c1ccccc1. The number of halogens is 1. The summed E-state index contributed by atoms with van der Waals surface area (Å²) in [7, 11) is -1.04. The fourth-order valence-electron chi connectivity index (χ4n) is 3.84. The van der Waals surface area contributed by atoms with Gasteiger partial charge in [-0.1, -0.05) is 65.7 Å². The Hall–Kier alpha value is -2.35. The predicted octanol–water partition coefficient (Wildman–Crippen LogP) is 6.08. The standard InChI is InChI=1S/C24H24ClO3P/c1-15-13-16(2)21(17(3)14-15)23(26)24(29(27)18-9-6-5-7-10-18)22-19(25)11-8-12-20(22)28-4/h5-14,24,29H,1-4H3. The van der Waals surface area contributed by atoms with Crippen LogP contribution < -0.4 is 10.0 Å². The molecule has 3 nitrogen and oxygen atoms in total. The number of ether oxygens (including phenoxy) is 1. The fraction of sp³-hybridized carbons (Fsp3) is 0.208. The Morgan fingerprint density at radius 1 is 0.966 bits per heavy atom. The minimum absolute atomic E-state index is 0.195. The summed E-state index contributed by atoms with van der Waals surface area (Å²) in [4.78, 5) is 13.8. The molecular formula is C24H24ClO3P. The normalized spacial score (nSPS) is 13.0. The third kappa shape index (κ3) is 4.32. The number of rotatable bonds is 6. The summed E-state index contributed by atoms with van der Waals surface area (Å²) < 4.78 is 19.2. The summed E-state index contributed by atoms with van der Waals surface area (Å²) >= 11 is 6.52. The highest BCUT2D eigenvalue weighted by atomic mass is 35.5. The Bertz CT molecular complexity index is 1050. The van der Waals surface area contributed by atoms with Crippen LogP contribution in [0.1, 0.15) is 38.3 Å². The molecule has 0 aliphatic rings. The van der Waals surface area contributed by atoms with E-state index in [-0.39, 0.29) is 5.78 Å². The molecule has 3 rings (SSSR count). The van der Waals surface area contributed by atoms with Crippen LogP contribution in [0.5, 0.6) is 5.75 Å². The largest absolute Gasteiger partial charge is 0.496 e. The maximum absolute atomic E-state index is 13.8. The number of carbonyl (C=O) groups is 1. The van der Waals surface area contributed by atoms with Crippen molar-refractivity contribution in [3.63, 3.8) is 0 Å². The Morgan fingerprint density at radius 3 is 2.17 bits per heavy atom. The summed E-state index contributed by atoms with van der Waals surface area (Å²) in [6.07, 6.45) is 0. The molecule has 0 N–H and O–H groups in total. The van der Waals surface area contributed by atoms with Crippen molar-refractivity contribution in [3.05, 3.63) is 93.5 Å². The summed E-state index contributed by atoms with van der Waals surface area (Å²) in [6, 6.07) is 18.2. The first-order valence-corrected chi connectivity index (χ1v) is 11.2. The van der Waals surface area contributed by atoms with Gasteiger partial charge in [0.2, 0.25) is 0 Å². The van der Waals surface area contributed by atoms with Crippen molar-refractivity contribution < 1.29 is 14.1 Å². The molecule has 2 atom stereocenters. The van der Waals surface area contributed by atoms with Crippen LogP contribution in [-0.4, -0.2) is 12.9 Å². The van der Waals surface area contributed by atoms with E-state index < -0.39 is 13.5 Å². The van der Waals surface area contributed by atoms with Crippen molar-refractivity contribution in [2.24, 2.45) is 0 Å². The van der Waals surface area contributed by atoms with E-state index in [0.717, 1.165) is 16.7 Å². The monoisotopic (exact) mass is 426 g/mol. The molecule has 0 bridgehead atoms. The molecule has 3 aromatic carbocycles. The maximum Gasteiger partial charge on any atom is 0.178 e. The first-order chi connectivity index (χ1) is 13.8. The second-order valence-electron chi connectivity index (χ2n) is 7.16. The van der Waals surface area contributed by atoms with Crippen molar-refractivity contribution in [1.82, 2.24) is 0 Å². The first-order valence-electron chi connectivity index (χ1n) is 9.39. The van der Waals surface area contributed by atoms with Crippen LogP contribution in [0.2, 0.25) is 5.02 Å². The van der Waals surface area contributed by atoms with Crippen molar-refractivity contribution in [1.29, 1.82) is 0 Å². The quantitative estimate of drug-likeness (QED) is 0.354. The molecule has 29 heavy (non-hydrogen) atoms. The van der Waals surface area contributed by atoms with Gasteiger partial charge in [-0.05, 0) is 44.0 Å². The maximum atomic E-state index is 13.8. The lowest BCUT2D eigenvalue weighted by molar-refractivity contribution is 0.0985. The molecule has 0 spiro atoms. The van der Waals surface area contributed by atoms with Crippen LogP contribution in [-0.2, 0) is 4.57 Å². The molecule has 0 aliphatic heterocycles. The number of hydrogen-bond acceptors (Lipinski definition) is 3. The molecule has 5 heteroatoms. The number of Topliss-reactive ketones (excluding diaryl/α,β-unsaturated/α-hetero) is 1. The molecule has 0 aliphatic carbocycles. The highest BCUT2D eigenvalue weighted by Crippen LogP contribution is 2.49. The molecular weight excluding hydrogens is 403 g/mol. The number of carbonyl (C=O) groups excluding carboxylic acids is 1. The van der Waals surface area contributed by atoms with Crippen molar-refractivity contribution in [2.75, 3.05) is 7.11 Å². The lowest BCUT2D eigenvalue weighted by atomic mass is 9.93. The number of ketones is 1. The second kappa shape index (κ2) is 8.98. The Labute approximate surface area is 177 Å². The van der Waals surface area contributed by atoms with Crippen molar-refractivity contribution in [2.45, 2.75) is 26.4 Å². The molecule has 150 valence electrons. The minimum atomic E-state index is -2.57. The van der Waals surface area contributed by atoms with Gasteiger partial charge >= 0.3 is 0 Å². The number of hydrogen-bond donors (Lipinski definition) is 0. The van der Waals surface area contributed by atoms with Gasteiger partial charge in [-0.15, -0.1) is 0 Å². The summed E-state index contributed by atoms with van der Waals surface area (Å²) in [6.45, 7) is 5.82. The minimum Gasteiger partial charge on any atom is -0.496 e. The topological polar surface area (TPSA) is 43.4 Å².